The van der Waals surface area contributed by atoms with Crippen molar-refractivity contribution in [1.82, 2.24) is 14.7 Å². The minimum atomic E-state index is -0.693. The number of amides is 2. The summed E-state index contributed by atoms with van der Waals surface area (Å²) in [7, 11) is 1.89. The third-order valence-corrected chi connectivity index (χ3v) is 6.94. The van der Waals surface area contributed by atoms with E-state index in [4.69, 9.17) is 4.74 Å². The minimum Gasteiger partial charge on any atom is -0.388 e. The first-order valence-corrected chi connectivity index (χ1v) is 10.3. The van der Waals surface area contributed by atoms with Gasteiger partial charge in [0, 0.05) is 66.3 Å². The van der Waals surface area contributed by atoms with Crippen LogP contribution in [0.25, 0.3) is 0 Å². The number of rotatable bonds is 3. The van der Waals surface area contributed by atoms with Crippen molar-refractivity contribution in [3.63, 3.8) is 0 Å². The number of aliphatic hydroxyl groups is 1. The molecule has 1 atom stereocenters. The molecule has 0 unspecified atom stereocenters. The summed E-state index contributed by atoms with van der Waals surface area (Å²) >= 11 is 0. The summed E-state index contributed by atoms with van der Waals surface area (Å²) in [5.74, 6) is 0.213. The highest BCUT2D eigenvalue weighted by atomic mass is 16.5. The van der Waals surface area contributed by atoms with Crippen molar-refractivity contribution >= 4 is 11.8 Å². The third kappa shape index (κ3) is 4.81. The van der Waals surface area contributed by atoms with Crippen LogP contribution in [0.1, 0.15) is 52.4 Å². The normalized spacial score (nSPS) is 28.1. The molecule has 3 aliphatic heterocycles. The van der Waals surface area contributed by atoms with E-state index >= 15 is 0 Å². The van der Waals surface area contributed by atoms with Crippen molar-refractivity contribution in [2.24, 2.45) is 0 Å². The maximum Gasteiger partial charge on any atom is 0.219 e. The van der Waals surface area contributed by atoms with Crippen molar-refractivity contribution in [1.29, 1.82) is 0 Å². The SMILES string of the molecule is CC(=O)N1CCC(O)(CN2CCC3(CC2)C[C@H](N(C)C(C)=O)CCO3)CC1. The first kappa shape index (κ1) is 20.6. The number of carbonyl (C=O) groups is 2. The highest BCUT2D eigenvalue weighted by Gasteiger charge is 2.43. The summed E-state index contributed by atoms with van der Waals surface area (Å²) in [4.78, 5) is 29.2. The van der Waals surface area contributed by atoms with Crippen molar-refractivity contribution in [2.45, 2.75) is 69.6 Å². The Labute approximate surface area is 162 Å². The Morgan fingerprint density at radius 1 is 1.11 bits per heavy atom. The van der Waals surface area contributed by atoms with E-state index in [0.29, 0.717) is 39.1 Å². The summed E-state index contributed by atoms with van der Waals surface area (Å²) in [5, 5.41) is 10.9. The smallest absolute Gasteiger partial charge is 0.219 e. The van der Waals surface area contributed by atoms with Gasteiger partial charge in [-0.15, -0.1) is 0 Å². The van der Waals surface area contributed by atoms with Gasteiger partial charge in [-0.3, -0.25) is 9.59 Å². The van der Waals surface area contributed by atoms with E-state index in [1.165, 1.54) is 0 Å². The van der Waals surface area contributed by atoms with E-state index < -0.39 is 5.60 Å². The van der Waals surface area contributed by atoms with Gasteiger partial charge in [-0.1, -0.05) is 0 Å². The largest absolute Gasteiger partial charge is 0.388 e. The van der Waals surface area contributed by atoms with E-state index in [2.05, 4.69) is 4.90 Å². The number of likely N-dealkylation sites (tertiary alicyclic amines) is 2. The average Bonchev–Trinajstić information content (AvgIpc) is 2.63. The zero-order valence-electron chi connectivity index (χ0n) is 17.1. The van der Waals surface area contributed by atoms with Gasteiger partial charge in [0.15, 0.2) is 0 Å². The first-order valence-electron chi connectivity index (χ1n) is 10.3. The molecule has 3 heterocycles. The lowest BCUT2D eigenvalue weighted by Crippen LogP contribution is -2.57. The molecule has 1 spiro atoms. The Bertz CT molecular complexity index is 551. The standard InChI is InChI=1S/C20H35N3O4/c1-16(24)21(3)18-4-13-27-20(14-18)7-9-22(10-8-20)15-19(26)5-11-23(12-6-19)17(2)25/h18,26H,4-15H2,1-3H3/t18-/m1/s1. The van der Waals surface area contributed by atoms with Crippen molar-refractivity contribution in [3.8, 4) is 0 Å². The van der Waals surface area contributed by atoms with E-state index in [-0.39, 0.29) is 23.5 Å². The Hall–Kier alpha value is -1.18. The van der Waals surface area contributed by atoms with Gasteiger partial charge in [0.2, 0.25) is 11.8 Å². The van der Waals surface area contributed by atoms with Gasteiger partial charge in [0.25, 0.3) is 0 Å². The van der Waals surface area contributed by atoms with E-state index in [1.807, 2.05) is 16.8 Å². The molecule has 1 N–H and O–H groups in total. The van der Waals surface area contributed by atoms with Gasteiger partial charge in [-0.05, 0) is 38.5 Å². The van der Waals surface area contributed by atoms with E-state index in [1.54, 1.807) is 13.8 Å². The van der Waals surface area contributed by atoms with Gasteiger partial charge >= 0.3 is 0 Å². The molecule has 0 radical (unpaired) electrons. The van der Waals surface area contributed by atoms with Crippen LogP contribution in [0.3, 0.4) is 0 Å². The molecule has 3 saturated heterocycles. The molecule has 0 bridgehead atoms. The van der Waals surface area contributed by atoms with Crippen LogP contribution < -0.4 is 0 Å². The molecular weight excluding hydrogens is 346 g/mol. The van der Waals surface area contributed by atoms with Crippen LogP contribution in [0, 0.1) is 0 Å². The second-order valence-electron chi connectivity index (χ2n) is 8.81. The summed E-state index contributed by atoms with van der Waals surface area (Å²) in [5.41, 5.74) is -0.814. The molecule has 0 aromatic heterocycles. The highest BCUT2D eigenvalue weighted by molar-refractivity contribution is 5.73. The Morgan fingerprint density at radius 3 is 2.30 bits per heavy atom. The van der Waals surface area contributed by atoms with Gasteiger partial charge in [-0.25, -0.2) is 0 Å². The number of nitrogens with zero attached hydrogens (tertiary/aromatic N) is 3. The number of piperidine rings is 2. The van der Waals surface area contributed by atoms with E-state index in [0.717, 1.165) is 38.8 Å². The predicted octanol–water partition coefficient (Wildman–Crippen LogP) is 0.852. The molecule has 0 aliphatic carbocycles. The van der Waals surface area contributed by atoms with Gasteiger partial charge in [-0.2, -0.15) is 0 Å². The highest BCUT2D eigenvalue weighted by Crippen LogP contribution is 2.37. The monoisotopic (exact) mass is 381 g/mol. The minimum absolute atomic E-state index is 0.0940. The average molecular weight is 382 g/mol. The van der Waals surface area contributed by atoms with Crippen LogP contribution in [0.15, 0.2) is 0 Å². The van der Waals surface area contributed by atoms with Crippen LogP contribution in [0.2, 0.25) is 0 Å². The number of β-amino-alcohol motifs (C(OH)–C–C–N with tert-alkyl or cyclic N) is 1. The summed E-state index contributed by atoms with van der Waals surface area (Å²) in [6.07, 6.45) is 5.02. The molecule has 27 heavy (non-hydrogen) atoms. The predicted molar refractivity (Wildman–Crippen MR) is 102 cm³/mol. The van der Waals surface area contributed by atoms with Gasteiger partial charge in [0.05, 0.1) is 11.2 Å². The molecule has 3 rings (SSSR count). The molecule has 0 saturated carbocycles. The van der Waals surface area contributed by atoms with Crippen molar-refractivity contribution in [3.05, 3.63) is 0 Å². The lowest BCUT2D eigenvalue weighted by Gasteiger charge is -2.49. The fourth-order valence-electron chi connectivity index (χ4n) is 4.87. The second kappa shape index (κ2) is 8.05. The molecule has 7 heteroatoms. The molecule has 0 aromatic carbocycles. The number of hydrogen-bond donors (Lipinski definition) is 1. The zero-order valence-corrected chi connectivity index (χ0v) is 17.1. The van der Waals surface area contributed by atoms with Crippen LogP contribution >= 0.6 is 0 Å². The Morgan fingerprint density at radius 2 is 1.74 bits per heavy atom. The van der Waals surface area contributed by atoms with Crippen LogP contribution in [0.5, 0.6) is 0 Å². The fraction of sp³-hybridized carbons (Fsp3) is 0.900. The molecule has 7 nitrogen and oxygen atoms in total. The molecule has 3 fully saturated rings. The van der Waals surface area contributed by atoms with Crippen molar-refractivity contribution < 1.29 is 19.4 Å². The molecule has 154 valence electrons. The van der Waals surface area contributed by atoms with Gasteiger partial charge in [0.1, 0.15) is 0 Å². The lowest BCUT2D eigenvalue weighted by molar-refractivity contribution is -0.150. The van der Waals surface area contributed by atoms with E-state index in [9.17, 15) is 14.7 Å². The topological polar surface area (TPSA) is 73.3 Å². The summed E-state index contributed by atoms with van der Waals surface area (Å²) in [6.45, 7) is 7.72. The Balaban J connectivity index is 1.50. The molecule has 3 aliphatic rings. The quantitative estimate of drug-likeness (QED) is 0.785. The Kier molecular flexibility index (Phi) is 6.13. The fourth-order valence-corrected chi connectivity index (χ4v) is 4.87. The second-order valence-corrected chi connectivity index (χ2v) is 8.81. The van der Waals surface area contributed by atoms with Crippen LogP contribution in [0.4, 0.5) is 0 Å². The number of hydrogen-bond acceptors (Lipinski definition) is 5. The lowest BCUT2D eigenvalue weighted by atomic mass is 9.81. The van der Waals surface area contributed by atoms with Gasteiger partial charge < -0.3 is 24.5 Å². The third-order valence-electron chi connectivity index (χ3n) is 6.94. The number of carbonyl (C=O) groups excluding carboxylic acids is 2. The van der Waals surface area contributed by atoms with Crippen LogP contribution in [-0.2, 0) is 14.3 Å². The summed E-state index contributed by atoms with van der Waals surface area (Å²) < 4.78 is 6.20. The molecular formula is C20H35N3O4. The molecule has 0 aromatic rings. The van der Waals surface area contributed by atoms with Crippen LogP contribution in [-0.4, -0.2) is 95.2 Å². The zero-order chi connectivity index (χ0) is 19.7. The maximum absolute atomic E-state index is 11.7. The van der Waals surface area contributed by atoms with Crippen molar-refractivity contribution in [2.75, 3.05) is 46.4 Å². The molecule has 2 amide bonds. The first-order chi connectivity index (χ1) is 12.7. The number of ether oxygens (including phenoxy) is 1. The summed E-state index contributed by atoms with van der Waals surface area (Å²) in [6, 6.07) is 0.267. The maximum atomic E-state index is 11.7.